The average Bonchev–Trinajstić information content (AvgIpc) is 3.35. The lowest BCUT2D eigenvalue weighted by Crippen LogP contribution is -2.30. The lowest BCUT2D eigenvalue weighted by molar-refractivity contribution is -0.167. The van der Waals surface area contributed by atoms with Crippen LogP contribution >= 0.6 is 0 Å². The van der Waals surface area contributed by atoms with Gasteiger partial charge in [-0.1, -0.05) is 235 Å². The van der Waals surface area contributed by atoms with Crippen molar-refractivity contribution in [1.29, 1.82) is 0 Å². The first-order chi connectivity index (χ1) is 34.0. The zero-order chi connectivity index (χ0) is 50.0. The Labute approximate surface area is 427 Å². The van der Waals surface area contributed by atoms with Gasteiger partial charge in [0.2, 0.25) is 0 Å². The zero-order valence-electron chi connectivity index (χ0n) is 45.6. The fraction of sp³-hybridized carbons (Fsp3) is 0.762. The Morgan fingerprint density at radius 1 is 0.304 bits per heavy atom. The van der Waals surface area contributed by atoms with Crippen LogP contribution in [0.5, 0.6) is 0 Å². The molecule has 6 heteroatoms. The van der Waals surface area contributed by atoms with Crippen molar-refractivity contribution >= 4 is 17.9 Å². The molecule has 0 aliphatic rings. The third-order valence-corrected chi connectivity index (χ3v) is 12.7. The summed E-state index contributed by atoms with van der Waals surface area (Å²) in [5.41, 5.74) is 0. The van der Waals surface area contributed by atoms with Crippen molar-refractivity contribution in [3.63, 3.8) is 0 Å². The highest BCUT2D eigenvalue weighted by molar-refractivity contribution is 5.71. The summed E-state index contributed by atoms with van der Waals surface area (Å²) < 4.78 is 16.9. The summed E-state index contributed by atoms with van der Waals surface area (Å²) in [6.45, 7) is 6.50. The maximum atomic E-state index is 12.8. The topological polar surface area (TPSA) is 78.9 Å². The van der Waals surface area contributed by atoms with Crippen LogP contribution in [0.4, 0.5) is 0 Å². The molecule has 0 saturated carbocycles. The summed E-state index contributed by atoms with van der Waals surface area (Å²) in [6.07, 6.45) is 73.2. The van der Waals surface area contributed by atoms with Crippen LogP contribution in [0.2, 0.25) is 0 Å². The molecule has 1 atom stereocenters. The van der Waals surface area contributed by atoms with Gasteiger partial charge in [-0.3, -0.25) is 14.4 Å². The van der Waals surface area contributed by atoms with E-state index in [1.54, 1.807) is 0 Å². The van der Waals surface area contributed by atoms with Crippen molar-refractivity contribution in [1.82, 2.24) is 0 Å². The maximum absolute atomic E-state index is 12.8. The fourth-order valence-electron chi connectivity index (χ4n) is 8.25. The van der Waals surface area contributed by atoms with Crippen molar-refractivity contribution in [3.8, 4) is 0 Å². The molecule has 0 bridgehead atoms. The number of hydrogen-bond acceptors (Lipinski definition) is 6. The summed E-state index contributed by atoms with van der Waals surface area (Å²) >= 11 is 0. The maximum Gasteiger partial charge on any atom is 0.306 e. The molecule has 0 aromatic heterocycles. The lowest BCUT2D eigenvalue weighted by Gasteiger charge is -2.18. The van der Waals surface area contributed by atoms with Crippen LogP contribution in [0.1, 0.15) is 290 Å². The van der Waals surface area contributed by atoms with Crippen LogP contribution in [0, 0.1) is 0 Å². The monoisotopic (exact) mass is 963 g/mol. The van der Waals surface area contributed by atoms with Crippen molar-refractivity contribution < 1.29 is 28.6 Å². The summed E-state index contributed by atoms with van der Waals surface area (Å²) in [4.78, 5) is 38.2. The molecule has 1 unspecified atom stereocenters. The van der Waals surface area contributed by atoms with Gasteiger partial charge in [0.15, 0.2) is 6.10 Å². The van der Waals surface area contributed by atoms with E-state index in [1.165, 1.54) is 135 Å². The minimum Gasteiger partial charge on any atom is -0.462 e. The summed E-state index contributed by atoms with van der Waals surface area (Å²) in [6, 6.07) is 0. The summed E-state index contributed by atoms with van der Waals surface area (Å²) in [5.74, 6) is -0.912. The van der Waals surface area contributed by atoms with Gasteiger partial charge in [0.05, 0.1) is 0 Å². The number of carbonyl (C=O) groups is 3. The highest BCUT2D eigenvalue weighted by Gasteiger charge is 2.19. The molecule has 0 aliphatic carbocycles. The number of unbranched alkanes of at least 4 members (excludes halogenated alkanes) is 30. The standard InChI is InChI=1S/C63H110O6/c1-4-7-10-13-16-19-22-25-28-29-30-31-32-33-36-38-41-44-47-50-53-56-62(65)68-59-60(69-63(66)57-54-51-48-45-42-39-35-27-24-21-18-15-12-9-6-3)58-67-61(64)55-52-49-46-43-40-37-34-26-23-20-17-14-11-8-5-2/h9,12,17-18,20-21,26-27,29-30,34-35,60H,4-8,10-11,13-16,19,22-25,28,31-33,36-59H2,1-3H3/b12-9-,20-17-,21-18-,30-29-,34-26-,35-27-. The molecule has 0 amide bonds. The predicted octanol–water partition coefficient (Wildman–Crippen LogP) is 19.8. The molecule has 0 heterocycles. The molecule has 0 saturated heterocycles. The van der Waals surface area contributed by atoms with E-state index in [0.29, 0.717) is 19.3 Å². The zero-order valence-corrected chi connectivity index (χ0v) is 45.6. The fourth-order valence-corrected chi connectivity index (χ4v) is 8.25. The largest absolute Gasteiger partial charge is 0.462 e. The van der Waals surface area contributed by atoms with Crippen LogP contribution in [-0.4, -0.2) is 37.2 Å². The number of carbonyl (C=O) groups excluding carboxylic acids is 3. The van der Waals surface area contributed by atoms with Crippen molar-refractivity contribution in [2.45, 2.75) is 297 Å². The number of hydrogen-bond donors (Lipinski definition) is 0. The Hall–Kier alpha value is -3.15. The molecule has 0 aromatic rings. The molecule has 0 radical (unpaired) electrons. The highest BCUT2D eigenvalue weighted by Crippen LogP contribution is 2.15. The van der Waals surface area contributed by atoms with Gasteiger partial charge in [-0.25, -0.2) is 0 Å². The molecule has 0 rings (SSSR count). The Balaban J connectivity index is 4.37. The van der Waals surface area contributed by atoms with E-state index in [-0.39, 0.29) is 31.1 Å². The Morgan fingerprint density at radius 2 is 0.565 bits per heavy atom. The van der Waals surface area contributed by atoms with Gasteiger partial charge in [-0.15, -0.1) is 0 Å². The molecular weight excluding hydrogens is 853 g/mol. The van der Waals surface area contributed by atoms with Crippen LogP contribution < -0.4 is 0 Å². The number of esters is 3. The SMILES string of the molecule is CC/C=C\C/C=C\C/C=C\CCCCCCCC(=O)OC(COC(=O)CCCCCCC/C=C\C/C=C\CCCCC)COC(=O)CCCCCCCCCCC/C=C\CCCCCCCCCC. The van der Waals surface area contributed by atoms with Crippen molar-refractivity contribution in [3.05, 3.63) is 72.9 Å². The number of allylic oxidation sites excluding steroid dienone is 12. The molecular formula is C63H110O6. The lowest BCUT2D eigenvalue weighted by atomic mass is 10.1. The second-order valence-electron chi connectivity index (χ2n) is 19.5. The average molecular weight is 964 g/mol. The van der Waals surface area contributed by atoms with Gasteiger partial charge in [-0.05, 0) is 109 Å². The van der Waals surface area contributed by atoms with Crippen molar-refractivity contribution in [2.75, 3.05) is 13.2 Å². The third kappa shape index (κ3) is 55.6. The van der Waals surface area contributed by atoms with Crippen LogP contribution in [0.25, 0.3) is 0 Å². The second kappa shape index (κ2) is 57.4. The highest BCUT2D eigenvalue weighted by atomic mass is 16.6. The number of rotatable bonds is 53. The second-order valence-corrected chi connectivity index (χ2v) is 19.5. The predicted molar refractivity (Wildman–Crippen MR) is 298 cm³/mol. The van der Waals surface area contributed by atoms with Gasteiger partial charge in [0.1, 0.15) is 13.2 Å². The quantitative estimate of drug-likeness (QED) is 0.0262. The van der Waals surface area contributed by atoms with E-state index in [9.17, 15) is 14.4 Å². The smallest absolute Gasteiger partial charge is 0.306 e. The van der Waals surface area contributed by atoms with Gasteiger partial charge in [-0.2, -0.15) is 0 Å². The number of ether oxygens (including phenoxy) is 3. The van der Waals surface area contributed by atoms with Gasteiger partial charge >= 0.3 is 17.9 Å². The molecule has 6 nitrogen and oxygen atoms in total. The van der Waals surface area contributed by atoms with Crippen LogP contribution in [0.3, 0.4) is 0 Å². The Morgan fingerprint density at radius 3 is 0.928 bits per heavy atom. The van der Waals surface area contributed by atoms with Crippen LogP contribution in [-0.2, 0) is 28.6 Å². The first-order valence-electron chi connectivity index (χ1n) is 29.4. The summed E-state index contributed by atoms with van der Waals surface area (Å²) in [7, 11) is 0. The molecule has 0 fully saturated rings. The van der Waals surface area contributed by atoms with Gasteiger partial charge in [0, 0.05) is 19.3 Å². The molecule has 0 aliphatic heterocycles. The van der Waals surface area contributed by atoms with E-state index in [2.05, 4.69) is 93.7 Å². The third-order valence-electron chi connectivity index (χ3n) is 12.7. The van der Waals surface area contributed by atoms with Gasteiger partial charge < -0.3 is 14.2 Å². The Bertz CT molecular complexity index is 1290. The summed E-state index contributed by atoms with van der Waals surface area (Å²) in [5, 5.41) is 0. The molecule has 0 N–H and O–H groups in total. The van der Waals surface area contributed by atoms with E-state index >= 15 is 0 Å². The van der Waals surface area contributed by atoms with E-state index in [0.717, 1.165) is 116 Å². The molecule has 0 spiro atoms. The van der Waals surface area contributed by atoms with E-state index in [1.807, 2.05) is 0 Å². The minimum atomic E-state index is -0.792. The first-order valence-corrected chi connectivity index (χ1v) is 29.4. The normalized spacial score (nSPS) is 12.6. The Kier molecular flexibility index (Phi) is 54.8. The molecule has 0 aromatic carbocycles. The first kappa shape index (κ1) is 65.8. The minimum absolute atomic E-state index is 0.0875. The van der Waals surface area contributed by atoms with E-state index in [4.69, 9.17) is 14.2 Å². The molecule has 69 heavy (non-hydrogen) atoms. The van der Waals surface area contributed by atoms with Crippen LogP contribution in [0.15, 0.2) is 72.9 Å². The van der Waals surface area contributed by atoms with Gasteiger partial charge in [0.25, 0.3) is 0 Å². The molecule has 398 valence electrons. The van der Waals surface area contributed by atoms with E-state index < -0.39 is 6.10 Å². The van der Waals surface area contributed by atoms with Crippen molar-refractivity contribution in [2.24, 2.45) is 0 Å².